The summed E-state index contributed by atoms with van der Waals surface area (Å²) in [4.78, 5) is 17.5. The minimum Gasteiger partial charge on any atom is -0.379 e. The molecular formula is C12H16N4O2. The van der Waals surface area contributed by atoms with Gasteiger partial charge >= 0.3 is 0 Å². The summed E-state index contributed by atoms with van der Waals surface area (Å²) >= 11 is 0. The molecule has 1 amide bonds. The van der Waals surface area contributed by atoms with Gasteiger partial charge in [0, 0.05) is 25.5 Å². The first-order valence-corrected chi connectivity index (χ1v) is 5.86. The van der Waals surface area contributed by atoms with Crippen LogP contribution in [0.1, 0.15) is 5.56 Å². The summed E-state index contributed by atoms with van der Waals surface area (Å²) in [6.45, 7) is 3.32. The second kappa shape index (κ2) is 6.83. The SMILES string of the molecule is O=C(CN1CCOCC1)N/N=C/c1ccncc1. The van der Waals surface area contributed by atoms with Gasteiger partial charge in [-0.15, -0.1) is 0 Å². The van der Waals surface area contributed by atoms with E-state index in [-0.39, 0.29) is 5.91 Å². The van der Waals surface area contributed by atoms with Crippen molar-refractivity contribution in [2.24, 2.45) is 5.10 Å². The lowest BCUT2D eigenvalue weighted by atomic mass is 10.3. The topological polar surface area (TPSA) is 66.8 Å². The lowest BCUT2D eigenvalue weighted by Gasteiger charge is -2.25. The number of rotatable bonds is 4. The summed E-state index contributed by atoms with van der Waals surface area (Å²) in [5.41, 5.74) is 3.41. The monoisotopic (exact) mass is 248 g/mol. The number of pyridine rings is 1. The Kier molecular flexibility index (Phi) is 4.80. The summed E-state index contributed by atoms with van der Waals surface area (Å²) in [6, 6.07) is 3.63. The summed E-state index contributed by atoms with van der Waals surface area (Å²) in [7, 11) is 0. The minimum atomic E-state index is -0.109. The standard InChI is InChI=1S/C12H16N4O2/c17-12(10-16-5-7-18-8-6-16)15-14-9-11-1-3-13-4-2-11/h1-4,9H,5-8,10H2,(H,15,17)/b14-9+. The number of aromatic nitrogens is 1. The van der Waals surface area contributed by atoms with Gasteiger partial charge in [-0.1, -0.05) is 0 Å². The van der Waals surface area contributed by atoms with Crippen molar-refractivity contribution in [1.29, 1.82) is 0 Å². The maximum Gasteiger partial charge on any atom is 0.254 e. The number of amides is 1. The molecule has 0 spiro atoms. The van der Waals surface area contributed by atoms with E-state index in [1.165, 1.54) is 0 Å². The number of carbonyl (C=O) groups excluding carboxylic acids is 1. The molecule has 0 saturated carbocycles. The quantitative estimate of drug-likeness (QED) is 0.595. The minimum absolute atomic E-state index is 0.109. The number of hydrogen-bond acceptors (Lipinski definition) is 5. The fraction of sp³-hybridized carbons (Fsp3) is 0.417. The van der Waals surface area contributed by atoms with E-state index in [0.717, 1.165) is 18.7 Å². The first kappa shape index (κ1) is 12.7. The van der Waals surface area contributed by atoms with Crippen molar-refractivity contribution in [2.45, 2.75) is 0 Å². The molecular weight excluding hydrogens is 232 g/mol. The Morgan fingerprint density at radius 1 is 1.44 bits per heavy atom. The Labute approximate surface area is 106 Å². The van der Waals surface area contributed by atoms with Crippen LogP contribution in [0.5, 0.6) is 0 Å². The van der Waals surface area contributed by atoms with Crippen LogP contribution in [0.3, 0.4) is 0 Å². The predicted octanol–water partition coefficient (Wildman–Crippen LogP) is -0.136. The van der Waals surface area contributed by atoms with E-state index in [0.29, 0.717) is 19.8 Å². The molecule has 96 valence electrons. The van der Waals surface area contributed by atoms with Crippen LogP contribution in [0, 0.1) is 0 Å². The molecule has 1 aliphatic heterocycles. The van der Waals surface area contributed by atoms with E-state index < -0.39 is 0 Å². The number of carbonyl (C=O) groups is 1. The van der Waals surface area contributed by atoms with E-state index in [9.17, 15) is 4.79 Å². The number of hydrazone groups is 1. The van der Waals surface area contributed by atoms with Crippen LogP contribution >= 0.6 is 0 Å². The van der Waals surface area contributed by atoms with Crippen molar-refractivity contribution in [2.75, 3.05) is 32.8 Å². The lowest BCUT2D eigenvalue weighted by Crippen LogP contribution is -2.42. The van der Waals surface area contributed by atoms with E-state index in [1.54, 1.807) is 18.6 Å². The van der Waals surface area contributed by atoms with Crippen LogP contribution < -0.4 is 5.43 Å². The first-order valence-electron chi connectivity index (χ1n) is 5.86. The Balaban J connectivity index is 1.72. The molecule has 0 radical (unpaired) electrons. The van der Waals surface area contributed by atoms with Crippen LogP contribution in [-0.2, 0) is 9.53 Å². The Morgan fingerprint density at radius 2 is 2.17 bits per heavy atom. The van der Waals surface area contributed by atoms with Crippen LogP contribution in [0.15, 0.2) is 29.6 Å². The molecule has 1 fully saturated rings. The van der Waals surface area contributed by atoms with E-state index in [2.05, 4.69) is 15.5 Å². The van der Waals surface area contributed by atoms with Crippen molar-refractivity contribution in [3.8, 4) is 0 Å². The Bertz CT molecular complexity index is 402. The highest BCUT2D eigenvalue weighted by molar-refractivity contribution is 5.82. The van der Waals surface area contributed by atoms with Crippen molar-refractivity contribution in [3.63, 3.8) is 0 Å². The third kappa shape index (κ3) is 4.23. The molecule has 2 rings (SSSR count). The maximum absolute atomic E-state index is 11.6. The first-order chi connectivity index (χ1) is 8.84. The molecule has 1 aromatic heterocycles. The van der Waals surface area contributed by atoms with Crippen LogP contribution in [0.2, 0.25) is 0 Å². The van der Waals surface area contributed by atoms with Crippen LogP contribution in [0.4, 0.5) is 0 Å². The normalized spacial score (nSPS) is 16.9. The van der Waals surface area contributed by atoms with Gasteiger partial charge in [-0.3, -0.25) is 14.7 Å². The molecule has 0 atom stereocenters. The predicted molar refractivity (Wildman–Crippen MR) is 67.2 cm³/mol. The highest BCUT2D eigenvalue weighted by Gasteiger charge is 2.13. The number of nitrogens with zero attached hydrogens (tertiary/aromatic N) is 3. The van der Waals surface area contributed by atoms with Crippen molar-refractivity contribution in [3.05, 3.63) is 30.1 Å². The molecule has 1 aliphatic rings. The molecule has 6 heteroatoms. The summed E-state index contributed by atoms with van der Waals surface area (Å²) in [5.74, 6) is -0.109. The van der Waals surface area contributed by atoms with Gasteiger partial charge in [0.25, 0.3) is 5.91 Å². The molecule has 0 aromatic carbocycles. The fourth-order valence-corrected chi connectivity index (χ4v) is 1.63. The Hall–Kier alpha value is -1.79. The third-order valence-corrected chi connectivity index (χ3v) is 2.58. The molecule has 0 bridgehead atoms. The average molecular weight is 248 g/mol. The van der Waals surface area contributed by atoms with E-state index >= 15 is 0 Å². The van der Waals surface area contributed by atoms with Gasteiger partial charge in [0.15, 0.2) is 0 Å². The van der Waals surface area contributed by atoms with Gasteiger partial charge in [0.1, 0.15) is 0 Å². The Morgan fingerprint density at radius 3 is 2.89 bits per heavy atom. The van der Waals surface area contributed by atoms with Gasteiger partial charge in [-0.2, -0.15) is 5.10 Å². The third-order valence-electron chi connectivity index (χ3n) is 2.58. The number of hydrogen-bond donors (Lipinski definition) is 1. The summed E-state index contributed by atoms with van der Waals surface area (Å²) in [5, 5.41) is 3.90. The highest BCUT2D eigenvalue weighted by Crippen LogP contribution is 1.95. The highest BCUT2D eigenvalue weighted by atomic mass is 16.5. The van der Waals surface area contributed by atoms with Crippen molar-refractivity contribution < 1.29 is 9.53 Å². The zero-order valence-corrected chi connectivity index (χ0v) is 10.1. The summed E-state index contributed by atoms with van der Waals surface area (Å²) < 4.78 is 5.21. The zero-order chi connectivity index (χ0) is 12.6. The fourth-order valence-electron chi connectivity index (χ4n) is 1.63. The maximum atomic E-state index is 11.6. The van der Waals surface area contributed by atoms with Gasteiger partial charge in [-0.25, -0.2) is 5.43 Å². The molecule has 6 nitrogen and oxygen atoms in total. The second-order valence-electron chi connectivity index (χ2n) is 3.96. The molecule has 0 aliphatic carbocycles. The molecule has 1 N–H and O–H groups in total. The van der Waals surface area contributed by atoms with Gasteiger partial charge in [0.2, 0.25) is 0 Å². The molecule has 0 unspecified atom stereocenters. The van der Waals surface area contributed by atoms with Gasteiger partial charge in [0.05, 0.1) is 26.0 Å². The molecule has 2 heterocycles. The van der Waals surface area contributed by atoms with Crippen LogP contribution in [-0.4, -0.2) is 54.9 Å². The zero-order valence-electron chi connectivity index (χ0n) is 10.1. The van der Waals surface area contributed by atoms with Crippen molar-refractivity contribution >= 4 is 12.1 Å². The molecule has 1 saturated heterocycles. The molecule has 1 aromatic rings. The smallest absolute Gasteiger partial charge is 0.254 e. The van der Waals surface area contributed by atoms with Crippen molar-refractivity contribution in [1.82, 2.24) is 15.3 Å². The van der Waals surface area contributed by atoms with E-state index in [4.69, 9.17) is 4.74 Å². The second-order valence-corrected chi connectivity index (χ2v) is 3.96. The lowest BCUT2D eigenvalue weighted by molar-refractivity contribution is -0.123. The van der Waals surface area contributed by atoms with E-state index in [1.807, 2.05) is 17.0 Å². The number of ether oxygens (including phenoxy) is 1. The largest absolute Gasteiger partial charge is 0.379 e. The number of nitrogens with one attached hydrogen (secondary N) is 1. The number of morpholine rings is 1. The molecule has 18 heavy (non-hydrogen) atoms. The average Bonchev–Trinajstić information content (AvgIpc) is 2.41. The van der Waals surface area contributed by atoms with Crippen LogP contribution in [0.25, 0.3) is 0 Å². The van der Waals surface area contributed by atoms with Gasteiger partial charge in [-0.05, 0) is 17.7 Å². The van der Waals surface area contributed by atoms with Gasteiger partial charge < -0.3 is 4.74 Å². The summed E-state index contributed by atoms with van der Waals surface area (Å²) in [6.07, 6.45) is 4.95.